The molecule has 1 aromatic heterocycles. The number of nitrogens with one attached hydrogen (secondary N) is 2. The zero-order chi connectivity index (χ0) is 18.2. The van der Waals surface area contributed by atoms with Crippen LogP contribution >= 0.6 is 0 Å². The SMILES string of the molecule is CCCCC(=O)NCCc1nc(-c2ccc(-c3ccccc3)cc2)c[nH]1. The molecule has 0 saturated carbocycles. The average molecular weight is 347 g/mol. The van der Waals surface area contributed by atoms with Crippen LogP contribution in [0.4, 0.5) is 0 Å². The summed E-state index contributed by atoms with van der Waals surface area (Å²) in [5.41, 5.74) is 4.41. The number of nitrogens with zero attached hydrogens (tertiary/aromatic N) is 1. The normalized spacial score (nSPS) is 10.7. The number of hydrogen-bond donors (Lipinski definition) is 2. The molecular weight excluding hydrogens is 322 g/mol. The summed E-state index contributed by atoms with van der Waals surface area (Å²) in [4.78, 5) is 19.5. The maximum atomic E-state index is 11.6. The van der Waals surface area contributed by atoms with E-state index < -0.39 is 0 Å². The van der Waals surface area contributed by atoms with Gasteiger partial charge < -0.3 is 10.3 Å². The van der Waals surface area contributed by atoms with Crippen molar-refractivity contribution < 1.29 is 4.79 Å². The van der Waals surface area contributed by atoms with E-state index in [0.29, 0.717) is 19.4 Å². The van der Waals surface area contributed by atoms with Crippen LogP contribution in [0.15, 0.2) is 60.8 Å². The molecule has 3 aromatic rings. The third-order valence-electron chi connectivity index (χ3n) is 4.36. The summed E-state index contributed by atoms with van der Waals surface area (Å²) >= 11 is 0. The van der Waals surface area contributed by atoms with Gasteiger partial charge in [-0.25, -0.2) is 4.98 Å². The van der Waals surface area contributed by atoms with E-state index in [-0.39, 0.29) is 5.91 Å². The molecule has 1 amide bonds. The van der Waals surface area contributed by atoms with Gasteiger partial charge in [0.1, 0.15) is 5.82 Å². The molecule has 0 aliphatic carbocycles. The molecular formula is C22H25N3O. The lowest BCUT2D eigenvalue weighted by atomic mass is 10.0. The Kier molecular flexibility index (Phi) is 6.20. The lowest BCUT2D eigenvalue weighted by Crippen LogP contribution is -2.25. The highest BCUT2D eigenvalue weighted by Crippen LogP contribution is 2.23. The topological polar surface area (TPSA) is 57.8 Å². The number of aromatic amines is 1. The Balaban J connectivity index is 1.57. The molecule has 0 radical (unpaired) electrons. The van der Waals surface area contributed by atoms with E-state index in [1.165, 1.54) is 11.1 Å². The zero-order valence-electron chi connectivity index (χ0n) is 15.2. The van der Waals surface area contributed by atoms with Gasteiger partial charge in [-0.1, -0.05) is 67.9 Å². The predicted octanol–water partition coefficient (Wildman–Crippen LogP) is 4.59. The molecule has 0 saturated heterocycles. The van der Waals surface area contributed by atoms with Crippen molar-refractivity contribution in [2.45, 2.75) is 32.6 Å². The fourth-order valence-corrected chi connectivity index (χ4v) is 2.85. The molecule has 0 aliphatic heterocycles. The molecule has 0 aliphatic rings. The van der Waals surface area contributed by atoms with E-state index in [1.807, 2.05) is 24.4 Å². The van der Waals surface area contributed by atoms with Gasteiger partial charge in [0.15, 0.2) is 0 Å². The predicted molar refractivity (Wildman–Crippen MR) is 106 cm³/mol. The third-order valence-corrected chi connectivity index (χ3v) is 4.36. The number of amides is 1. The fraction of sp³-hybridized carbons (Fsp3) is 0.273. The van der Waals surface area contributed by atoms with Gasteiger partial charge in [-0.3, -0.25) is 4.79 Å². The van der Waals surface area contributed by atoms with Crippen LogP contribution in [0.5, 0.6) is 0 Å². The summed E-state index contributed by atoms with van der Waals surface area (Å²) in [6.45, 7) is 2.70. The van der Waals surface area contributed by atoms with Crippen LogP contribution in [0.25, 0.3) is 22.4 Å². The summed E-state index contributed by atoms with van der Waals surface area (Å²) in [6.07, 6.45) is 5.22. The summed E-state index contributed by atoms with van der Waals surface area (Å²) in [5.74, 6) is 1.01. The molecule has 0 unspecified atom stereocenters. The first kappa shape index (κ1) is 17.9. The number of carbonyl (C=O) groups is 1. The third kappa shape index (κ3) is 4.82. The Hall–Kier alpha value is -2.88. The summed E-state index contributed by atoms with van der Waals surface area (Å²) in [5, 5.41) is 2.94. The average Bonchev–Trinajstić information content (AvgIpc) is 3.16. The van der Waals surface area contributed by atoms with E-state index in [1.54, 1.807) is 0 Å². The van der Waals surface area contributed by atoms with Crippen molar-refractivity contribution in [2.75, 3.05) is 6.54 Å². The lowest BCUT2D eigenvalue weighted by Gasteiger charge is -2.03. The highest BCUT2D eigenvalue weighted by atomic mass is 16.1. The van der Waals surface area contributed by atoms with Crippen molar-refractivity contribution in [3.05, 3.63) is 66.6 Å². The van der Waals surface area contributed by atoms with Crippen molar-refractivity contribution in [1.82, 2.24) is 15.3 Å². The number of rotatable bonds is 8. The Morgan fingerprint density at radius 3 is 2.42 bits per heavy atom. The first-order chi connectivity index (χ1) is 12.8. The lowest BCUT2D eigenvalue weighted by molar-refractivity contribution is -0.121. The standard InChI is InChI=1S/C22H25N3O/c1-2-3-9-22(26)23-15-14-21-24-16-20(25-21)19-12-10-18(11-13-19)17-7-5-4-6-8-17/h4-8,10-13,16H,2-3,9,14-15H2,1H3,(H,23,26)(H,24,25). The molecule has 134 valence electrons. The summed E-state index contributed by atoms with van der Waals surface area (Å²) in [6, 6.07) is 18.8. The van der Waals surface area contributed by atoms with Gasteiger partial charge in [-0.15, -0.1) is 0 Å². The Morgan fingerprint density at radius 1 is 1.00 bits per heavy atom. The van der Waals surface area contributed by atoms with Gasteiger partial charge in [0.05, 0.1) is 5.69 Å². The maximum Gasteiger partial charge on any atom is 0.220 e. The smallest absolute Gasteiger partial charge is 0.220 e. The van der Waals surface area contributed by atoms with Gasteiger partial charge in [0.2, 0.25) is 5.91 Å². The molecule has 4 nitrogen and oxygen atoms in total. The van der Waals surface area contributed by atoms with E-state index in [9.17, 15) is 4.79 Å². The second-order valence-electron chi connectivity index (χ2n) is 6.38. The molecule has 0 fully saturated rings. The van der Waals surface area contributed by atoms with Crippen molar-refractivity contribution in [3.63, 3.8) is 0 Å². The Labute approximate surface area is 154 Å². The molecule has 1 heterocycles. The molecule has 3 rings (SSSR count). The number of benzene rings is 2. The van der Waals surface area contributed by atoms with Crippen molar-refractivity contribution >= 4 is 5.91 Å². The van der Waals surface area contributed by atoms with Crippen LogP contribution in [0, 0.1) is 0 Å². The minimum Gasteiger partial charge on any atom is -0.356 e. The Morgan fingerprint density at radius 2 is 1.69 bits per heavy atom. The molecule has 0 atom stereocenters. The number of carbonyl (C=O) groups excluding carboxylic acids is 1. The van der Waals surface area contributed by atoms with E-state index >= 15 is 0 Å². The highest BCUT2D eigenvalue weighted by molar-refractivity contribution is 5.75. The van der Waals surface area contributed by atoms with Gasteiger partial charge in [-0.05, 0) is 17.5 Å². The largest absolute Gasteiger partial charge is 0.356 e. The first-order valence-corrected chi connectivity index (χ1v) is 9.23. The van der Waals surface area contributed by atoms with E-state index in [2.05, 4.69) is 58.6 Å². The van der Waals surface area contributed by atoms with Gasteiger partial charge in [0.25, 0.3) is 0 Å². The van der Waals surface area contributed by atoms with Crippen molar-refractivity contribution in [3.8, 4) is 22.4 Å². The van der Waals surface area contributed by atoms with Crippen LogP contribution in [0.1, 0.15) is 32.0 Å². The first-order valence-electron chi connectivity index (χ1n) is 9.23. The minimum atomic E-state index is 0.120. The number of aromatic nitrogens is 2. The number of unbranched alkanes of at least 4 members (excludes halogenated alkanes) is 1. The summed E-state index contributed by atoms with van der Waals surface area (Å²) < 4.78 is 0. The van der Waals surface area contributed by atoms with E-state index in [0.717, 1.165) is 29.9 Å². The Bertz CT molecular complexity index is 822. The molecule has 2 N–H and O–H groups in total. The van der Waals surface area contributed by atoms with Crippen molar-refractivity contribution in [1.29, 1.82) is 0 Å². The quantitative estimate of drug-likeness (QED) is 0.626. The fourth-order valence-electron chi connectivity index (χ4n) is 2.85. The van der Waals surface area contributed by atoms with Crippen LogP contribution in [-0.2, 0) is 11.2 Å². The maximum absolute atomic E-state index is 11.6. The van der Waals surface area contributed by atoms with Gasteiger partial charge in [0, 0.05) is 31.1 Å². The number of H-pyrrole nitrogens is 1. The molecule has 0 spiro atoms. The molecule has 2 aromatic carbocycles. The highest BCUT2D eigenvalue weighted by Gasteiger charge is 2.06. The molecule has 0 bridgehead atoms. The summed E-state index contributed by atoms with van der Waals surface area (Å²) in [7, 11) is 0. The van der Waals surface area contributed by atoms with Crippen molar-refractivity contribution in [2.24, 2.45) is 0 Å². The zero-order valence-corrected chi connectivity index (χ0v) is 15.2. The van der Waals surface area contributed by atoms with Gasteiger partial charge in [-0.2, -0.15) is 0 Å². The second kappa shape index (κ2) is 8.99. The van der Waals surface area contributed by atoms with Gasteiger partial charge >= 0.3 is 0 Å². The van der Waals surface area contributed by atoms with E-state index in [4.69, 9.17) is 0 Å². The second-order valence-corrected chi connectivity index (χ2v) is 6.38. The molecule has 4 heteroatoms. The van der Waals surface area contributed by atoms with Crippen LogP contribution in [0.2, 0.25) is 0 Å². The monoisotopic (exact) mass is 347 g/mol. The number of imidazole rings is 1. The van der Waals surface area contributed by atoms with Crippen LogP contribution in [-0.4, -0.2) is 22.4 Å². The van der Waals surface area contributed by atoms with Crippen LogP contribution < -0.4 is 5.32 Å². The molecule has 26 heavy (non-hydrogen) atoms. The minimum absolute atomic E-state index is 0.120. The van der Waals surface area contributed by atoms with Crippen LogP contribution in [0.3, 0.4) is 0 Å². The number of hydrogen-bond acceptors (Lipinski definition) is 2.